The Labute approximate surface area is 63.4 Å². The molecule has 0 fully saturated rings. The third-order valence-electron chi connectivity index (χ3n) is 0.560. The molecule has 0 amide bonds. The summed E-state index contributed by atoms with van der Waals surface area (Å²) >= 11 is 2.62. The van der Waals surface area contributed by atoms with Gasteiger partial charge in [0.1, 0.15) is 0 Å². The van der Waals surface area contributed by atoms with Crippen molar-refractivity contribution in [2.45, 2.75) is 15.8 Å². The number of hydrogen-bond acceptors (Lipinski definition) is 0. The van der Waals surface area contributed by atoms with Crippen molar-refractivity contribution in [1.29, 1.82) is 0 Å². The van der Waals surface area contributed by atoms with E-state index in [0.717, 1.165) is 0 Å². The summed E-state index contributed by atoms with van der Waals surface area (Å²) in [5, 5.41) is 0. The summed E-state index contributed by atoms with van der Waals surface area (Å²) in [6.45, 7) is 0. The molecule has 0 aromatic carbocycles. The van der Waals surface area contributed by atoms with Crippen molar-refractivity contribution in [3.05, 3.63) is 0 Å². The quantitative estimate of drug-likeness (QED) is 0.324. The van der Waals surface area contributed by atoms with Crippen LogP contribution in [0, 0.1) is 0 Å². The first-order valence-electron chi connectivity index (χ1n) is 2.12. The summed E-state index contributed by atoms with van der Waals surface area (Å²) in [5.74, 6) is 0. The molecule has 0 aliphatic carbocycles. The van der Waals surface area contributed by atoms with E-state index >= 15 is 0 Å². The van der Waals surface area contributed by atoms with Gasteiger partial charge in [0.25, 0.3) is 0 Å². The molecule has 0 N–H and O–H groups in total. The van der Waals surface area contributed by atoms with E-state index in [0.29, 0.717) is 0 Å². The predicted octanol–water partition coefficient (Wildman–Crippen LogP) is 1.98. The molecule has 0 bridgehead atoms. The molecule has 36 valence electrons. The van der Waals surface area contributed by atoms with Crippen LogP contribution in [-0.2, 0) is 0 Å². The van der Waals surface area contributed by atoms with Gasteiger partial charge in [-0.25, -0.2) is 0 Å². The molecular formula is C4H9ISn. The Morgan fingerprint density at radius 1 is 1.67 bits per heavy atom. The van der Waals surface area contributed by atoms with E-state index < -0.39 is 0 Å². The van der Waals surface area contributed by atoms with E-state index in [-0.39, 0.29) is 21.1 Å². The third kappa shape index (κ3) is 5.53. The van der Waals surface area contributed by atoms with Gasteiger partial charge in [-0.1, -0.05) is 0 Å². The molecule has 0 unspecified atom stereocenters. The molecule has 0 aliphatic heterocycles. The number of hydrogen-bond donors (Lipinski definition) is 0. The average Bonchev–Trinajstić information content (AvgIpc) is 1.61. The van der Waals surface area contributed by atoms with Gasteiger partial charge in [0, 0.05) is 0 Å². The van der Waals surface area contributed by atoms with Crippen LogP contribution >= 0.6 is 22.6 Å². The molecule has 0 aromatic rings. The van der Waals surface area contributed by atoms with Gasteiger partial charge in [0.2, 0.25) is 0 Å². The number of alkyl halides is 1. The molecule has 0 aromatic heterocycles. The Morgan fingerprint density at radius 2 is 2.33 bits per heavy atom. The summed E-state index contributed by atoms with van der Waals surface area (Å²) in [6, 6.07) is 0. The molecular weight excluding hydrogens is 294 g/mol. The number of halogens is 1. The van der Waals surface area contributed by atoms with Crippen LogP contribution < -0.4 is 0 Å². The molecule has 0 heterocycles. The summed E-state index contributed by atoms with van der Waals surface area (Å²) in [5.41, 5.74) is 0. The third-order valence-corrected chi connectivity index (χ3v) is 3.76. The molecule has 0 atom stereocenters. The zero-order valence-corrected chi connectivity index (χ0v) is 9.01. The zero-order valence-electron chi connectivity index (χ0n) is 4.00. The average molecular weight is 303 g/mol. The van der Waals surface area contributed by atoms with Crippen molar-refractivity contribution in [3.63, 3.8) is 0 Å². The topological polar surface area (TPSA) is 0 Å². The molecule has 0 saturated heterocycles. The van der Waals surface area contributed by atoms with E-state index in [2.05, 4.69) is 27.5 Å². The van der Waals surface area contributed by atoms with Gasteiger partial charge in [-0.3, -0.25) is 0 Å². The van der Waals surface area contributed by atoms with Crippen LogP contribution in [0.5, 0.6) is 0 Å². The first kappa shape index (κ1) is 7.53. The van der Waals surface area contributed by atoms with Crippen molar-refractivity contribution in [1.82, 2.24) is 0 Å². The van der Waals surface area contributed by atoms with Gasteiger partial charge in [0.15, 0.2) is 0 Å². The van der Waals surface area contributed by atoms with E-state index in [4.69, 9.17) is 0 Å². The van der Waals surface area contributed by atoms with Crippen molar-refractivity contribution >= 4 is 43.7 Å². The first-order valence-corrected chi connectivity index (χ1v) is 8.52. The van der Waals surface area contributed by atoms with Crippen molar-refractivity contribution in [2.75, 3.05) is 4.43 Å². The second-order valence-corrected chi connectivity index (χ2v) is 5.67. The van der Waals surface area contributed by atoms with Crippen LogP contribution in [0.4, 0.5) is 0 Å². The normalized spacial score (nSPS) is 9.00. The summed E-state index contributed by atoms with van der Waals surface area (Å²) in [7, 11) is 0. The molecule has 0 spiro atoms. The van der Waals surface area contributed by atoms with Gasteiger partial charge in [-0.2, -0.15) is 0 Å². The van der Waals surface area contributed by atoms with Crippen molar-refractivity contribution < 1.29 is 0 Å². The second kappa shape index (κ2) is 6.53. The molecule has 0 saturated carbocycles. The fraction of sp³-hybridized carbons (Fsp3) is 1.00. The van der Waals surface area contributed by atoms with E-state index in [1.165, 1.54) is 10.8 Å². The number of rotatable bonds is 3. The summed E-state index contributed by atoms with van der Waals surface area (Å²) < 4.78 is 2.94. The first-order chi connectivity index (χ1) is 2.91. The van der Waals surface area contributed by atoms with Crippen LogP contribution in [0.15, 0.2) is 0 Å². The fourth-order valence-electron chi connectivity index (χ4n) is 0.244. The molecule has 2 heteroatoms. The van der Waals surface area contributed by atoms with Crippen LogP contribution in [0.1, 0.15) is 6.42 Å². The van der Waals surface area contributed by atoms with Crippen molar-refractivity contribution in [2.24, 2.45) is 0 Å². The molecule has 6 heavy (non-hydrogen) atoms. The molecule has 0 rings (SSSR count). The molecule has 0 nitrogen and oxygen atoms in total. The Kier molecular flexibility index (Phi) is 8.19. The van der Waals surface area contributed by atoms with Gasteiger partial charge in [-0.15, -0.1) is 0 Å². The standard InChI is InChI=1S/C3H6I.CH3.Sn/c1-2-3-4;;/h1-3H2;1H3;. The van der Waals surface area contributed by atoms with Gasteiger partial charge in [-0.05, 0) is 0 Å². The molecule has 0 aliphatic rings. The summed E-state index contributed by atoms with van der Waals surface area (Å²) in [4.78, 5) is 2.40. The summed E-state index contributed by atoms with van der Waals surface area (Å²) in [6.07, 6.45) is 1.48. The van der Waals surface area contributed by atoms with E-state index in [9.17, 15) is 0 Å². The monoisotopic (exact) mass is 304 g/mol. The van der Waals surface area contributed by atoms with E-state index in [1.54, 1.807) is 4.44 Å². The maximum atomic E-state index is 2.44. The molecule has 2 radical (unpaired) electrons. The fourth-order valence-corrected chi connectivity index (χ4v) is 4.19. The SMILES string of the molecule is [CH3][Sn][CH2]CCI. The van der Waals surface area contributed by atoms with Crippen LogP contribution in [0.2, 0.25) is 9.38 Å². The van der Waals surface area contributed by atoms with Crippen molar-refractivity contribution in [3.8, 4) is 0 Å². The van der Waals surface area contributed by atoms with Gasteiger partial charge in [0.05, 0.1) is 0 Å². The zero-order chi connectivity index (χ0) is 4.83. The van der Waals surface area contributed by atoms with Gasteiger partial charge < -0.3 is 0 Å². The Morgan fingerprint density at radius 3 is 2.50 bits per heavy atom. The maximum absolute atomic E-state index is 2.44. The van der Waals surface area contributed by atoms with Crippen LogP contribution in [0.25, 0.3) is 0 Å². The van der Waals surface area contributed by atoms with Gasteiger partial charge >= 0.3 is 64.0 Å². The minimum atomic E-state index is 0.185. The Balaban J connectivity index is 2.34. The second-order valence-electron chi connectivity index (χ2n) is 1.15. The predicted molar refractivity (Wildman–Crippen MR) is 39.9 cm³/mol. The van der Waals surface area contributed by atoms with E-state index in [1.807, 2.05) is 0 Å². The van der Waals surface area contributed by atoms with Crippen LogP contribution in [-0.4, -0.2) is 25.6 Å². The minimum absolute atomic E-state index is 0.185. The van der Waals surface area contributed by atoms with Crippen LogP contribution in [0.3, 0.4) is 0 Å². The Hall–Kier alpha value is 1.53. The Bertz CT molecular complexity index is 19.5.